The molecule has 31 heavy (non-hydrogen) atoms. The second kappa shape index (κ2) is 9.87. The number of rotatable bonds is 7. The van der Waals surface area contributed by atoms with E-state index in [-0.39, 0.29) is 12.4 Å². The summed E-state index contributed by atoms with van der Waals surface area (Å²) in [6.07, 6.45) is 7.18. The molecular weight excluding hydrogens is 413 g/mol. The van der Waals surface area contributed by atoms with Gasteiger partial charge in [0.25, 0.3) is 0 Å². The lowest BCUT2D eigenvalue weighted by Crippen LogP contribution is -1.99. The first-order valence-electron chi connectivity index (χ1n) is 9.64. The molecule has 0 atom stereocenters. The third-order valence-electron chi connectivity index (χ3n) is 4.47. The first kappa shape index (κ1) is 20.6. The van der Waals surface area contributed by atoms with Gasteiger partial charge < -0.3 is 10.1 Å². The average molecular weight is 432 g/mol. The van der Waals surface area contributed by atoms with E-state index in [9.17, 15) is 4.39 Å². The molecule has 154 valence electrons. The number of ether oxygens (including phenoxy) is 1. The molecule has 1 N–H and O–H groups in total. The Kier molecular flexibility index (Phi) is 6.55. The summed E-state index contributed by atoms with van der Waals surface area (Å²) in [5.74, 6) is 0.878. The summed E-state index contributed by atoms with van der Waals surface area (Å²) >= 11 is 6.39. The fourth-order valence-corrected chi connectivity index (χ4v) is 3.17. The minimum absolute atomic E-state index is 0.227. The number of anilines is 2. The minimum atomic E-state index is -0.297. The van der Waals surface area contributed by atoms with E-state index >= 15 is 0 Å². The highest BCUT2D eigenvalue weighted by atomic mass is 35.5. The van der Waals surface area contributed by atoms with Gasteiger partial charge in [-0.2, -0.15) is 0 Å². The number of hydrogen-bond acceptors (Lipinski definition) is 4. The minimum Gasteiger partial charge on any atom is -0.487 e. The van der Waals surface area contributed by atoms with Crippen molar-refractivity contribution in [3.8, 4) is 5.75 Å². The van der Waals surface area contributed by atoms with Crippen LogP contribution in [0.2, 0.25) is 5.02 Å². The molecule has 6 heteroatoms. The lowest BCUT2D eigenvalue weighted by atomic mass is 10.2. The maximum atomic E-state index is 13.3. The summed E-state index contributed by atoms with van der Waals surface area (Å²) in [5, 5.41) is 3.71. The molecule has 0 saturated carbocycles. The van der Waals surface area contributed by atoms with Gasteiger partial charge in [-0.3, -0.25) is 0 Å². The predicted molar refractivity (Wildman–Crippen MR) is 123 cm³/mol. The lowest BCUT2D eigenvalue weighted by Gasteiger charge is -2.12. The molecule has 0 fully saturated rings. The van der Waals surface area contributed by atoms with Crippen LogP contribution in [-0.2, 0) is 6.61 Å². The van der Waals surface area contributed by atoms with E-state index in [0.29, 0.717) is 16.6 Å². The standard InChI is InChI=1S/C25H19ClFN3O/c26-23-14-22(11-12-24(23)31-16-19-7-4-8-21(27)13-19)30-25-20(15-28-17-29-25)10-9-18-5-2-1-3-6-18/h1-15,17H,16H2,(H,28,29,30). The van der Waals surface area contributed by atoms with Crippen molar-refractivity contribution in [1.29, 1.82) is 0 Å². The molecule has 4 aromatic rings. The molecule has 0 unspecified atom stereocenters. The summed E-state index contributed by atoms with van der Waals surface area (Å²) in [6.45, 7) is 0.227. The van der Waals surface area contributed by atoms with Crippen LogP contribution in [0, 0.1) is 5.82 Å². The fraction of sp³-hybridized carbons (Fsp3) is 0.0400. The van der Waals surface area contributed by atoms with Crippen molar-refractivity contribution >= 4 is 35.3 Å². The van der Waals surface area contributed by atoms with Crippen molar-refractivity contribution in [1.82, 2.24) is 9.97 Å². The van der Waals surface area contributed by atoms with E-state index in [1.54, 1.807) is 30.5 Å². The van der Waals surface area contributed by atoms with Crippen LogP contribution in [0.4, 0.5) is 15.9 Å². The van der Waals surface area contributed by atoms with Crippen molar-refractivity contribution in [2.45, 2.75) is 6.61 Å². The number of nitrogens with zero attached hydrogens (tertiary/aromatic N) is 2. The zero-order chi connectivity index (χ0) is 21.5. The van der Waals surface area contributed by atoms with Gasteiger partial charge in [-0.15, -0.1) is 0 Å². The number of benzene rings is 3. The molecular formula is C25H19ClFN3O. The quantitative estimate of drug-likeness (QED) is 0.351. The first-order valence-corrected chi connectivity index (χ1v) is 10.0. The largest absolute Gasteiger partial charge is 0.487 e. The molecule has 0 aliphatic heterocycles. The van der Waals surface area contributed by atoms with E-state index in [0.717, 1.165) is 22.4 Å². The Morgan fingerprint density at radius 1 is 0.968 bits per heavy atom. The summed E-state index contributed by atoms with van der Waals surface area (Å²) in [5.41, 5.74) is 3.42. The molecule has 0 aliphatic carbocycles. The summed E-state index contributed by atoms with van der Waals surface area (Å²) in [6, 6.07) is 21.6. The Labute approximate surface area is 185 Å². The molecule has 0 saturated heterocycles. The van der Waals surface area contributed by atoms with Crippen molar-refractivity contribution in [2.75, 3.05) is 5.32 Å². The van der Waals surface area contributed by atoms with Crippen LogP contribution in [0.3, 0.4) is 0 Å². The lowest BCUT2D eigenvalue weighted by molar-refractivity contribution is 0.306. The van der Waals surface area contributed by atoms with Crippen LogP contribution in [0.15, 0.2) is 85.3 Å². The van der Waals surface area contributed by atoms with Gasteiger partial charge >= 0.3 is 0 Å². The number of hydrogen-bond donors (Lipinski definition) is 1. The molecule has 3 aromatic carbocycles. The first-order chi connectivity index (χ1) is 15.2. The normalized spacial score (nSPS) is 10.9. The highest BCUT2D eigenvalue weighted by molar-refractivity contribution is 6.32. The van der Waals surface area contributed by atoms with Gasteiger partial charge in [0.1, 0.15) is 30.3 Å². The SMILES string of the molecule is Fc1cccc(COc2ccc(Nc3ncncc3C=Cc3ccccc3)cc2Cl)c1. The number of nitrogens with one attached hydrogen (secondary N) is 1. The molecule has 4 rings (SSSR count). The predicted octanol–water partition coefficient (Wildman–Crippen LogP) is 6.76. The van der Waals surface area contributed by atoms with Crippen molar-refractivity contribution in [3.63, 3.8) is 0 Å². The van der Waals surface area contributed by atoms with Crippen LogP contribution >= 0.6 is 11.6 Å². The highest BCUT2D eigenvalue weighted by Crippen LogP contribution is 2.30. The number of halogens is 2. The average Bonchev–Trinajstić information content (AvgIpc) is 2.79. The molecule has 0 radical (unpaired) electrons. The van der Waals surface area contributed by atoms with Crippen LogP contribution in [0.5, 0.6) is 5.75 Å². The van der Waals surface area contributed by atoms with Crippen molar-refractivity contribution in [2.24, 2.45) is 0 Å². The molecule has 0 aliphatic rings. The summed E-state index contributed by atoms with van der Waals surface area (Å²) in [4.78, 5) is 8.45. The van der Waals surface area contributed by atoms with Gasteiger partial charge in [-0.25, -0.2) is 14.4 Å². The number of aromatic nitrogens is 2. The van der Waals surface area contributed by atoms with Crippen LogP contribution in [-0.4, -0.2) is 9.97 Å². The van der Waals surface area contributed by atoms with E-state index in [4.69, 9.17) is 16.3 Å². The van der Waals surface area contributed by atoms with Gasteiger partial charge in [-0.05, 0) is 47.5 Å². The molecule has 1 heterocycles. The Hall–Kier alpha value is -3.70. The molecule has 0 amide bonds. The third-order valence-corrected chi connectivity index (χ3v) is 4.77. The van der Waals surface area contributed by atoms with Gasteiger partial charge in [-0.1, -0.05) is 60.1 Å². The topological polar surface area (TPSA) is 47.0 Å². The Bertz CT molecular complexity index is 1200. The third kappa shape index (κ3) is 5.68. The summed E-state index contributed by atoms with van der Waals surface area (Å²) in [7, 11) is 0. The maximum absolute atomic E-state index is 13.3. The van der Waals surface area contributed by atoms with Gasteiger partial charge in [0.15, 0.2) is 0 Å². The van der Waals surface area contributed by atoms with E-state index < -0.39 is 0 Å². The van der Waals surface area contributed by atoms with Crippen molar-refractivity contribution < 1.29 is 9.13 Å². The van der Waals surface area contributed by atoms with Crippen LogP contribution in [0.25, 0.3) is 12.2 Å². The second-order valence-corrected chi connectivity index (χ2v) is 7.17. The molecule has 0 spiro atoms. The molecule has 4 nitrogen and oxygen atoms in total. The zero-order valence-corrected chi connectivity index (χ0v) is 17.3. The highest BCUT2D eigenvalue weighted by Gasteiger charge is 2.07. The van der Waals surface area contributed by atoms with E-state index in [1.807, 2.05) is 48.6 Å². The monoisotopic (exact) mass is 431 g/mol. The van der Waals surface area contributed by atoms with Gasteiger partial charge in [0.05, 0.1) is 5.02 Å². The van der Waals surface area contributed by atoms with Gasteiger partial charge in [0, 0.05) is 17.4 Å². The Balaban J connectivity index is 1.46. The van der Waals surface area contributed by atoms with Gasteiger partial charge in [0.2, 0.25) is 0 Å². The Morgan fingerprint density at radius 2 is 1.84 bits per heavy atom. The fourth-order valence-electron chi connectivity index (χ4n) is 2.94. The maximum Gasteiger partial charge on any atom is 0.141 e. The van der Waals surface area contributed by atoms with E-state index in [2.05, 4.69) is 15.3 Å². The summed E-state index contributed by atoms with van der Waals surface area (Å²) < 4.78 is 19.0. The van der Waals surface area contributed by atoms with Crippen LogP contribution < -0.4 is 10.1 Å². The smallest absolute Gasteiger partial charge is 0.141 e. The Morgan fingerprint density at radius 3 is 2.65 bits per heavy atom. The van der Waals surface area contributed by atoms with E-state index in [1.165, 1.54) is 18.5 Å². The van der Waals surface area contributed by atoms with Crippen LogP contribution in [0.1, 0.15) is 16.7 Å². The molecule has 1 aromatic heterocycles. The zero-order valence-electron chi connectivity index (χ0n) is 16.5. The molecule has 0 bridgehead atoms. The second-order valence-electron chi connectivity index (χ2n) is 6.76. The van der Waals surface area contributed by atoms with Crippen molar-refractivity contribution in [3.05, 3.63) is 113 Å².